The van der Waals surface area contributed by atoms with Gasteiger partial charge in [-0.1, -0.05) is 148 Å². The Balaban J connectivity index is 0.000000264. The van der Waals surface area contributed by atoms with Crippen LogP contribution in [0.25, 0.3) is 105 Å². The van der Waals surface area contributed by atoms with Crippen LogP contribution in [-0.4, -0.2) is 14.5 Å². The van der Waals surface area contributed by atoms with Gasteiger partial charge in [0, 0.05) is 46.9 Å². The number of furan rings is 1. The largest absolute Gasteiger partial charge is 0.500 e. The zero-order chi connectivity index (χ0) is 52.3. The molecule has 0 atom stereocenters. The number of benzene rings is 9. The molecule has 73 heavy (non-hydrogen) atoms. The fourth-order valence-electron chi connectivity index (χ4n) is 9.69. The van der Waals surface area contributed by atoms with Gasteiger partial charge in [-0.2, -0.15) is 13.2 Å². The maximum atomic E-state index is 14.1. The van der Waals surface area contributed by atoms with E-state index in [0.29, 0.717) is 11.3 Å². The summed E-state index contributed by atoms with van der Waals surface area (Å²) < 4.78 is 82.3. The van der Waals surface area contributed by atoms with E-state index in [4.69, 9.17) is 13.5 Å². The molecule has 0 bridgehead atoms. The number of aromatic nitrogens is 3. The van der Waals surface area contributed by atoms with Gasteiger partial charge in [0.1, 0.15) is 11.4 Å². The van der Waals surface area contributed by atoms with Crippen LogP contribution in [0, 0.1) is 24.8 Å². The van der Waals surface area contributed by atoms with Gasteiger partial charge in [0.25, 0.3) is 0 Å². The van der Waals surface area contributed by atoms with Crippen molar-refractivity contribution in [1.29, 1.82) is 0 Å². The molecule has 3 aromatic heterocycles. The van der Waals surface area contributed by atoms with Gasteiger partial charge in [0.05, 0.1) is 22.4 Å². The van der Waals surface area contributed by atoms with E-state index in [0.717, 1.165) is 83.7 Å². The standard InChI is InChI=1S/C51H38FN2O.C13H9F3N.Ir/c1-30(2)44-28-36(34-19-17-33(18-20-34)32-11-6-5-7-12-32)29-45(31(3)4)48(44)54-47-16-9-8-15-46(47)53-51(54)43-14-10-13-40-42-26-25-39-38-24-22-37(52)27-35(38)21-23-41(39)49(42)55-50(40)43;1-9-2-7-12(17-8-9)10-3-5-11(6-4-10)13(14,15)16;/h5-13,15-31H,1-4H3;2-3,5-8H,1H3;/q2*-1;/i;1D3;. The van der Waals surface area contributed by atoms with Crippen LogP contribution in [0.1, 0.15) is 65.9 Å². The van der Waals surface area contributed by atoms with Gasteiger partial charge in [0.15, 0.2) is 0 Å². The van der Waals surface area contributed by atoms with Gasteiger partial charge in [-0.3, -0.25) is 4.98 Å². The predicted molar refractivity (Wildman–Crippen MR) is 285 cm³/mol. The first-order chi connectivity index (χ1) is 36.0. The van der Waals surface area contributed by atoms with Crippen LogP contribution in [0.15, 0.2) is 187 Å². The average Bonchev–Trinajstić information content (AvgIpc) is 4.00. The average molecular weight is 1150 g/mol. The molecule has 12 aromatic rings. The molecule has 4 nitrogen and oxygen atoms in total. The smallest absolute Gasteiger partial charge is 0.381 e. The molecule has 0 unspecified atom stereocenters. The third kappa shape index (κ3) is 9.24. The fourth-order valence-corrected chi connectivity index (χ4v) is 9.69. The van der Waals surface area contributed by atoms with E-state index < -0.39 is 18.6 Å². The summed E-state index contributed by atoms with van der Waals surface area (Å²) in [7, 11) is 0. The Morgan fingerprint density at radius 2 is 1.26 bits per heavy atom. The Bertz CT molecular complexity index is 4010. The van der Waals surface area contributed by atoms with Gasteiger partial charge < -0.3 is 14.0 Å². The summed E-state index contributed by atoms with van der Waals surface area (Å²) >= 11 is 0. The molecule has 9 heteroatoms. The number of imidazole rings is 1. The molecule has 0 amide bonds. The monoisotopic (exact) mass is 1150 g/mol. The van der Waals surface area contributed by atoms with Crippen molar-refractivity contribution < 1.29 is 46.2 Å². The van der Waals surface area contributed by atoms with Crippen LogP contribution in [0.3, 0.4) is 0 Å². The summed E-state index contributed by atoms with van der Waals surface area (Å²) in [6, 6.07) is 61.8. The van der Waals surface area contributed by atoms with Gasteiger partial charge in [-0.15, -0.1) is 48.0 Å². The molecule has 0 aliphatic carbocycles. The van der Waals surface area contributed by atoms with E-state index in [9.17, 15) is 17.6 Å². The number of aryl methyl sites for hydroxylation is 1. The number of hydrogen-bond acceptors (Lipinski definition) is 3. The van der Waals surface area contributed by atoms with Gasteiger partial charge in [-0.05, 0) is 121 Å². The molecular weight excluding hydrogens is 1090 g/mol. The molecule has 0 aliphatic heterocycles. The molecule has 1 radical (unpaired) electrons. The zero-order valence-electron chi connectivity index (χ0n) is 43.1. The summed E-state index contributed by atoms with van der Waals surface area (Å²) in [6.07, 6.45) is -3.22. The number of nitrogens with zero attached hydrogens (tertiary/aromatic N) is 3. The molecule has 0 saturated heterocycles. The van der Waals surface area contributed by atoms with Gasteiger partial charge in [0.2, 0.25) is 0 Å². The normalized spacial score (nSPS) is 12.5. The summed E-state index contributed by atoms with van der Waals surface area (Å²) in [5.74, 6) is 1.00. The number of halogens is 4. The van der Waals surface area contributed by atoms with Crippen LogP contribution < -0.4 is 0 Å². The summed E-state index contributed by atoms with van der Waals surface area (Å²) in [6.45, 7) is 6.85. The molecule has 0 aliphatic rings. The Morgan fingerprint density at radius 1 is 0.616 bits per heavy atom. The Morgan fingerprint density at radius 3 is 1.93 bits per heavy atom. The van der Waals surface area contributed by atoms with E-state index in [1.165, 1.54) is 63.8 Å². The van der Waals surface area contributed by atoms with Crippen LogP contribution >= 0.6 is 0 Å². The first kappa shape index (κ1) is 45.2. The Labute approximate surface area is 438 Å². The summed E-state index contributed by atoms with van der Waals surface area (Å²) in [5.41, 5.74) is 12.8. The summed E-state index contributed by atoms with van der Waals surface area (Å²) in [5, 5.41) is 5.90. The topological polar surface area (TPSA) is 43.9 Å². The van der Waals surface area contributed by atoms with Crippen molar-refractivity contribution in [1.82, 2.24) is 14.5 Å². The van der Waals surface area contributed by atoms with Crippen molar-refractivity contribution in [3.05, 3.63) is 222 Å². The molecule has 9 aromatic carbocycles. The summed E-state index contributed by atoms with van der Waals surface area (Å²) in [4.78, 5) is 9.28. The van der Waals surface area contributed by atoms with E-state index in [2.05, 4.69) is 153 Å². The van der Waals surface area contributed by atoms with E-state index in [1.807, 2.05) is 30.3 Å². The third-order valence-corrected chi connectivity index (χ3v) is 13.3. The van der Waals surface area contributed by atoms with Gasteiger partial charge >= 0.3 is 6.18 Å². The third-order valence-electron chi connectivity index (χ3n) is 13.3. The molecule has 0 saturated carbocycles. The van der Waals surface area contributed by atoms with E-state index in [1.54, 1.807) is 6.07 Å². The minimum Gasteiger partial charge on any atom is -0.500 e. The number of para-hydroxylation sites is 2. The Hall–Kier alpha value is -7.71. The molecule has 0 spiro atoms. The minimum atomic E-state index is -4.41. The predicted octanol–water partition coefficient (Wildman–Crippen LogP) is 18.3. The van der Waals surface area contributed by atoms with Crippen molar-refractivity contribution in [2.45, 2.75) is 52.6 Å². The van der Waals surface area contributed by atoms with E-state index in [-0.39, 0.29) is 43.3 Å². The molecule has 3 heterocycles. The number of rotatable bonds is 7. The molecular formula is C64H47F4IrN3O-2. The van der Waals surface area contributed by atoms with Crippen molar-refractivity contribution in [3.63, 3.8) is 0 Å². The molecule has 0 N–H and O–H groups in total. The van der Waals surface area contributed by atoms with Crippen molar-refractivity contribution in [2.75, 3.05) is 0 Å². The van der Waals surface area contributed by atoms with Crippen molar-refractivity contribution in [3.8, 4) is 50.6 Å². The second kappa shape index (κ2) is 19.7. The molecule has 12 rings (SSSR count). The maximum absolute atomic E-state index is 14.1. The van der Waals surface area contributed by atoms with Crippen molar-refractivity contribution in [2.24, 2.45) is 0 Å². The second-order valence-corrected chi connectivity index (χ2v) is 18.6. The van der Waals surface area contributed by atoms with E-state index >= 15 is 0 Å². The number of hydrogen-bond donors (Lipinski definition) is 0. The van der Waals surface area contributed by atoms with Crippen LogP contribution in [0.4, 0.5) is 17.6 Å². The second-order valence-electron chi connectivity index (χ2n) is 18.6. The molecule has 363 valence electrons. The first-order valence-corrected chi connectivity index (χ1v) is 23.8. The van der Waals surface area contributed by atoms with Gasteiger partial charge in [-0.25, -0.2) is 4.39 Å². The van der Waals surface area contributed by atoms with Crippen LogP contribution in [-0.2, 0) is 26.3 Å². The van der Waals surface area contributed by atoms with Crippen molar-refractivity contribution >= 4 is 54.5 Å². The first-order valence-electron chi connectivity index (χ1n) is 25.3. The van der Waals surface area contributed by atoms with Crippen LogP contribution in [0.2, 0.25) is 0 Å². The number of alkyl halides is 3. The zero-order valence-corrected chi connectivity index (χ0v) is 42.5. The SMILES string of the molecule is CC(C)c1cc(-c2ccc(-c3ccccc3)cc2)cc(C(C)C)c1-n1c(-c2[c-]ccc3c2oc2c3ccc3c4ccc(F)cc4ccc32)nc2ccccc21.[2H]C([2H])([2H])c1ccc(-c2[c-]cc(C(F)(F)F)cc2)nc1.[Ir]. The fraction of sp³-hybridized carbons (Fsp3) is 0.125. The quantitative estimate of drug-likeness (QED) is 0.0907. The minimum absolute atomic E-state index is 0. The number of pyridine rings is 1. The maximum Gasteiger partial charge on any atom is 0.381 e. The number of fused-ring (bicyclic) bond motifs is 8. The molecule has 0 fully saturated rings. The van der Waals surface area contributed by atoms with Crippen LogP contribution in [0.5, 0.6) is 0 Å². The Kier molecular flexibility index (Phi) is 12.2.